The number of ketones is 1. The van der Waals surface area contributed by atoms with Gasteiger partial charge < -0.3 is 14.9 Å². The molecule has 0 aliphatic carbocycles. The lowest BCUT2D eigenvalue weighted by atomic mass is 9.77. The minimum absolute atomic E-state index is 0.0690. The van der Waals surface area contributed by atoms with Crippen LogP contribution in [0.4, 0.5) is 0 Å². The van der Waals surface area contributed by atoms with Gasteiger partial charge in [-0.25, -0.2) is 4.98 Å². The van der Waals surface area contributed by atoms with Crippen LogP contribution in [-0.2, 0) is 14.3 Å². The van der Waals surface area contributed by atoms with Gasteiger partial charge in [-0.2, -0.15) is 0 Å². The molecule has 2 N–H and O–H groups in total. The molecule has 6 nitrogen and oxygen atoms in total. The van der Waals surface area contributed by atoms with E-state index in [4.69, 9.17) is 4.74 Å². The number of aryl methyl sites for hydroxylation is 1. The van der Waals surface area contributed by atoms with E-state index < -0.39 is 29.7 Å². The average molecular weight is 476 g/mol. The van der Waals surface area contributed by atoms with Crippen LogP contribution in [0.25, 0.3) is 6.08 Å². The Kier molecular flexibility index (Phi) is 9.76. The van der Waals surface area contributed by atoms with Crippen LogP contribution in [-0.4, -0.2) is 45.3 Å². The van der Waals surface area contributed by atoms with Gasteiger partial charge in [0.25, 0.3) is 0 Å². The number of allylic oxidation sites excluding steroid dienone is 3. The van der Waals surface area contributed by atoms with Crippen LogP contribution in [0.3, 0.4) is 0 Å². The van der Waals surface area contributed by atoms with E-state index in [1.807, 2.05) is 57.4 Å². The number of esters is 1. The maximum Gasteiger partial charge on any atom is 0.309 e. The summed E-state index contributed by atoms with van der Waals surface area (Å²) in [7, 11) is 0. The first-order valence-electron chi connectivity index (χ1n) is 11.4. The van der Waals surface area contributed by atoms with Crippen LogP contribution < -0.4 is 0 Å². The summed E-state index contributed by atoms with van der Waals surface area (Å²) in [5.41, 5.74) is 1.50. The Morgan fingerprint density at radius 2 is 1.91 bits per heavy atom. The number of nitrogens with zero attached hydrogens (tertiary/aromatic N) is 1. The lowest BCUT2D eigenvalue weighted by molar-refractivity contribution is -0.153. The summed E-state index contributed by atoms with van der Waals surface area (Å²) < 4.78 is 5.76. The minimum atomic E-state index is -1.21. The highest BCUT2D eigenvalue weighted by Crippen LogP contribution is 2.29. The molecule has 2 heterocycles. The zero-order valence-corrected chi connectivity index (χ0v) is 21.3. The third kappa shape index (κ3) is 8.02. The van der Waals surface area contributed by atoms with Crippen molar-refractivity contribution in [2.24, 2.45) is 11.3 Å². The largest absolute Gasteiger partial charge is 0.457 e. The molecule has 33 heavy (non-hydrogen) atoms. The molecule has 7 heteroatoms. The molecule has 0 saturated carbocycles. The van der Waals surface area contributed by atoms with E-state index in [0.29, 0.717) is 12.8 Å². The second kappa shape index (κ2) is 11.9. The third-order valence-electron chi connectivity index (χ3n) is 6.30. The van der Waals surface area contributed by atoms with E-state index in [1.165, 1.54) is 0 Å². The first-order valence-corrected chi connectivity index (χ1v) is 12.3. The molecular formula is C26H37NO5S. The number of hydrogen-bond acceptors (Lipinski definition) is 7. The molecule has 0 spiro atoms. The normalized spacial score (nSPS) is 28.4. The van der Waals surface area contributed by atoms with Gasteiger partial charge >= 0.3 is 5.97 Å². The average Bonchev–Trinajstić information content (AvgIpc) is 3.14. The van der Waals surface area contributed by atoms with Crippen LogP contribution in [0, 0.1) is 18.3 Å². The second-order valence-electron chi connectivity index (χ2n) is 9.59. The zero-order chi connectivity index (χ0) is 24.8. The fraction of sp³-hybridized carbons (Fsp3) is 0.577. The molecule has 1 aliphatic rings. The molecule has 182 valence electrons. The Morgan fingerprint density at radius 1 is 1.21 bits per heavy atom. The van der Waals surface area contributed by atoms with Crippen molar-refractivity contribution >= 4 is 29.2 Å². The van der Waals surface area contributed by atoms with Crippen LogP contribution in [0.5, 0.6) is 0 Å². The molecule has 0 radical (unpaired) electrons. The van der Waals surface area contributed by atoms with Crippen molar-refractivity contribution in [3.05, 3.63) is 45.5 Å². The number of aliphatic hydroxyl groups excluding tert-OH is 2. The quantitative estimate of drug-likeness (QED) is 0.597. The number of aromatic nitrogens is 1. The Morgan fingerprint density at radius 3 is 2.55 bits per heavy atom. The molecule has 2 rings (SSSR count). The number of carbonyl (C=O) groups is 2. The molecule has 0 saturated heterocycles. The number of hydrogen-bond donors (Lipinski definition) is 2. The lowest BCUT2D eigenvalue weighted by Crippen LogP contribution is -2.41. The van der Waals surface area contributed by atoms with Crippen molar-refractivity contribution in [2.45, 2.75) is 85.5 Å². The third-order valence-corrected chi connectivity index (χ3v) is 7.09. The number of aliphatic hydroxyl groups is 2. The molecule has 1 aromatic rings. The second-order valence-corrected chi connectivity index (χ2v) is 10.7. The van der Waals surface area contributed by atoms with Crippen molar-refractivity contribution in [1.29, 1.82) is 0 Å². The maximum atomic E-state index is 12.8. The molecular weight excluding hydrogens is 438 g/mol. The van der Waals surface area contributed by atoms with Gasteiger partial charge in [0, 0.05) is 23.6 Å². The number of rotatable bonds is 2. The Hall–Kier alpha value is -2.09. The highest BCUT2D eigenvalue weighted by molar-refractivity contribution is 7.09. The van der Waals surface area contributed by atoms with Crippen molar-refractivity contribution in [3.8, 4) is 0 Å². The SMILES string of the molecule is CC1=CC[C@@H](/C(C)=C/c2csc(C)n2)OC(=O)C[C@H](O)C(C)(C)C(=O)C[C@@H](O)[C@@H](C)CC=C1. The van der Waals surface area contributed by atoms with Gasteiger partial charge in [-0.1, -0.05) is 44.6 Å². The van der Waals surface area contributed by atoms with Crippen molar-refractivity contribution in [1.82, 2.24) is 4.98 Å². The predicted octanol–water partition coefficient (Wildman–Crippen LogP) is 4.80. The molecule has 0 amide bonds. The van der Waals surface area contributed by atoms with E-state index in [1.54, 1.807) is 25.2 Å². The summed E-state index contributed by atoms with van der Waals surface area (Å²) in [6.07, 6.45) is 6.08. The van der Waals surface area contributed by atoms with Crippen molar-refractivity contribution in [2.75, 3.05) is 0 Å². The topological polar surface area (TPSA) is 96.7 Å². The van der Waals surface area contributed by atoms with E-state index in [9.17, 15) is 19.8 Å². The van der Waals surface area contributed by atoms with Gasteiger partial charge in [-0.3, -0.25) is 9.59 Å². The molecule has 0 aromatic carbocycles. The highest BCUT2D eigenvalue weighted by Gasteiger charge is 2.38. The summed E-state index contributed by atoms with van der Waals surface area (Å²) >= 11 is 1.55. The first kappa shape index (κ1) is 27.2. The fourth-order valence-electron chi connectivity index (χ4n) is 3.55. The molecule has 1 aliphatic heterocycles. The number of cyclic esters (lactones) is 1. The molecule has 4 atom stereocenters. The standard InChI is InChI=1S/C26H37NO5S/c1-16-8-7-9-17(2)21(28)13-23(29)26(5,6)24(30)14-25(31)32-22(11-10-16)18(3)12-20-15-33-19(4)27-20/h7-8,10,12,15,17,21-22,24,28,30H,9,11,13-14H2,1-6H3/b8-7?,16-10?,18-12+/t17-,21+,22-,24-/m0/s1. The smallest absolute Gasteiger partial charge is 0.309 e. The first-order chi connectivity index (χ1) is 15.4. The van der Waals surface area contributed by atoms with Gasteiger partial charge in [-0.15, -0.1) is 11.3 Å². The van der Waals surface area contributed by atoms with Crippen LogP contribution in [0.15, 0.2) is 34.8 Å². The van der Waals surface area contributed by atoms with Crippen molar-refractivity contribution < 1.29 is 24.5 Å². The van der Waals surface area contributed by atoms with Gasteiger partial charge in [0.05, 0.1) is 29.3 Å². The van der Waals surface area contributed by atoms with Gasteiger partial charge in [0.1, 0.15) is 11.9 Å². The number of Topliss-reactive ketones (excluding diaryl/α,β-unsaturated/α-hetero) is 1. The Labute approximate surface area is 201 Å². The van der Waals surface area contributed by atoms with Gasteiger partial charge in [0.15, 0.2) is 0 Å². The van der Waals surface area contributed by atoms with E-state index in [0.717, 1.165) is 21.8 Å². The van der Waals surface area contributed by atoms with Crippen molar-refractivity contribution in [3.63, 3.8) is 0 Å². The summed E-state index contributed by atoms with van der Waals surface area (Å²) in [4.78, 5) is 30.0. The molecule has 1 aromatic heterocycles. The summed E-state index contributed by atoms with van der Waals surface area (Å²) in [6.45, 7) is 10.9. The fourth-order valence-corrected chi connectivity index (χ4v) is 4.12. The maximum absolute atomic E-state index is 12.8. The lowest BCUT2D eigenvalue weighted by Gasteiger charge is -2.31. The molecule has 0 unspecified atom stereocenters. The Balaban J connectivity index is 2.34. The Bertz CT molecular complexity index is 927. The number of ether oxygens (including phenoxy) is 1. The van der Waals surface area contributed by atoms with Crippen LogP contribution in [0.1, 0.15) is 71.0 Å². The number of thiazole rings is 1. The predicted molar refractivity (Wildman–Crippen MR) is 132 cm³/mol. The highest BCUT2D eigenvalue weighted by atomic mass is 32.1. The molecule has 0 fully saturated rings. The van der Waals surface area contributed by atoms with Crippen LogP contribution >= 0.6 is 11.3 Å². The van der Waals surface area contributed by atoms with E-state index in [2.05, 4.69) is 4.98 Å². The number of carbonyl (C=O) groups excluding carboxylic acids is 2. The van der Waals surface area contributed by atoms with Gasteiger partial charge in [0.2, 0.25) is 0 Å². The summed E-state index contributed by atoms with van der Waals surface area (Å²) in [6, 6.07) is 0. The zero-order valence-electron chi connectivity index (χ0n) is 20.5. The van der Waals surface area contributed by atoms with Gasteiger partial charge in [-0.05, 0) is 44.8 Å². The van der Waals surface area contributed by atoms with Crippen LogP contribution in [0.2, 0.25) is 0 Å². The van der Waals surface area contributed by atoms with E-state index in [-0.39, 0.29) is 24.5 Å². The summed E-state index contributed by atoms with van der Waals surface area (Å²) in [5.74, 6) is -0.956. The monoisotopic (exact) mass is 475 g/mol. The van der Waals surface area contributed by atoms with E-state index >= 15 is 0 Å². The molecule has 0 bridgehead atoms. The summed E-state index contributed by atoms with van der Waals surface area (Å²) in [5, 5.41) is 24.1. The minimum Gasteiger partial charge on any atom is -0.457 e.